The third-order valence-corrected chi connectivity index (χ3v) is 2.70. The fourth-order valence-corrected chi connectivity index (χ4v) is 1.74. The van der Waals surface area contributed by atoms with Gasteiger partial charge in [0.25, 0.3) is 0 Å². The molecular formula is C15H14FNO3. The van der Waals surface area contributed by atoms with Crippen LogP contribution >= 0.6 is 0 Å². The Hall–Kier alpha value is -2.27. The largest absolute Gasteiger partial charge is 0.451 e. The van der Waals surface area contributed by atoms with E-state index in [-0.39, 0.29) is 13.2 Å². The van der Waals surface area contributed by atoms with Gasteiger partial charge in [-0.1, -0.05) is 18.2 Å². The van der Waals surface area contributed by atoms with Gasteiger partial charge in [0.2, 0.25) is 5.88 Å². The first-order chi connectivity index (χ1) is 9.74. The molecule has 0 unspecified atom stereocenters. The average molecular weight is 275 g/mol. The molecule has 0 spiro atoms. The summed E-state index contributed by atoms with van der Waals surface area (Å²) in [5.74, 6) is -0.0126. The Labute approximate surface area is 116 Å². The number of ether oxygens (including phenoxy) is 2. The number of rotatable bonds is 6. The van der Waals surface area contributed by atoms with E-state index in [2.05, 4.69) is 4.98 Å². The molecule has 4 nitrogen and oxygen atoms in total. The Bertz CT molecular complexity index is 601. The van der Waals surface area contributed by atoms with Crippen LogP contribution in [0.4, 0.5) is 4.39 Å². The molecule has 0 N–H and O–H groups in total. The molecule has 20 heavy (non-hydrogen) atoms. The number of benzene rings is 1. The van der Waals surface area contributed by atoms with Crippen LogP contribution in [0.5, 0.6) is 5.88 Å². The van der Waals surface area contributed by atoms with Crippen LogP contribution in [-0.2, 0) is 16.0 Å². The summed E-state index contributed by atoms with van der Waals surface area (Å²) in [6.07, 6.45) is 0.742. The van der Waals surface area contributed by atoms with Gasteiger partial charge in [0.15, 0.2) is 6.79 Å². The number of aldehydes is 1. The second-order valence-corrected chi connectivity index (χ2v) is 4.09. The molecule has 0 radical (unpaired) electrons. The second kappa shape index (κ2) is 6.77. The maximum Gasteiger partial charge on any atom is 0.216 e. The Kier molecular flexibility index (Phi) is 4.79. The van der Waals surface area contributed by atoms with Gasteiger partial charge in [-0.3, -0.25) is 0 Å². The minimum absolute atomic E-state index is 0.0660. The van der Waals surface area contributed by atoms with Crippen molar-refractivity contribution in [1.29, 1.82) is 0 Å². The Morgan fingerprint density at radius 3 is 2.85 bits per heavy atom. The van der Waals surface area contributed by atoms with Gasteiger partial charge in [-0.15, -0.1) is 0 Å². The summed E-state index contributed by atoms with van der Waals surface area (Å²) in [5, 5.41) is 0. The van der Waals surface area contributed by atoms with E-state index in [1.54, 1.807) is 30.3 Å². The monoisotopic (exact) mass is 275 g/mol. The number of pyridine rings is 1. The van der Waals surface area contributed by atoms with Crippen LogP contribution in [-0.4, -0.2) is 25.2 Å². The molecule has 1 heterocycles. The molecule has 0 amide bonds. The normalized spacial score (nSPS) is 10.3. The van der Waals surface area contributed by atoms with Gasteiger partial charge in [0.05, 0.1) is 5.69 Å². The molecule has 0 aliphatic rings. The fourth-order valence-electron chi connectivity index (χ4n) is 1.74. The van der Waals surface area contributed by atoms with Gasteiger partial charge in [-0.2, -0.15) is 0 Å². The molecule has 104 valence electrons. The summed E-state index contributed by atoms with van der Waals surface area (Å²) in [5.41, 5.74) is 1.59. The number of hydrogen-bond donors (Lipinski definition) is 0. The number of carbonyl (C=O) groups is 1. The number of halogens is 1. The third-order valence-electron chi connectivity index (χ3n) is 2.70. The Morgan fingerprint density at radius 1 is 1.30 bits per heavy atom. The molecule has 1 aromatic carbocycles. The van der Waals surface area contributed by atoms with E-state index in [1.807, 2.05) is 0 Å². The van der Waals surface area contributed by atoms with Crippen LogP contribution in [0.3, 0.4) is 0 Å². The first-order valence-electron chi connectivity index (χ1n) is 6.06. The smallest absolute Gasteiger partial charge is 0.216 e. The lowest BCUT2D eigenvalue weighted by molar-refractivity contribution is -0.107. The fraction of sp³-hybridized carbons (Fsp3) is 0.200. The summed E-state index contributed by atoms with van der Waals surface area (Å²) in [6, 6.07) is 9.90. The van der Waals surface area contributed by atoms with E-state index >= 15 is 0 Å². The third kappa shape index (κ3) is 3.39. The second-order valence-electron chi connectivity index (χ2n) is 4.09. The summed E-state index contributed by atoms with van der Waals surface area (Å²) < 4.78 is 23.8. The highest BCUT2D eigenvalue weighted by atomic mass is 19.1. The summed E-state index contributed by atoms with van der Waals surface area (Å²) in [4.78, 5) is 14.7. The molecular weight excluding hydrogens is 261 g/mol. The van der Waals surface area contributed by atoms with Crippen LogP contribution < -0.4 is 4.74 Å². The number of hydrogen-bond acceptors (Lipinski definition) is 4. The Balaban J connectivity index is 2.26. The van der Waals surface area contributed by atoms with Crippen LogP contribution in [0, 0.1) is 5.82 Å². The van der Waals surface area contributed by atoms with Gasteiger partial charge in [-0.05, 0) is 17.7 Å². The SMILES string of the molecule is COCOc1cccc(-c2ccc(CC=O)c(F)c2)n1. The van der Waals surface area contributed by atoms with E-state index in [9.17, 15) is 9.18 Å². The standard InChI is InChI=1S/C15H14FNO3/c1-19-10-20-15-4-2-3-14(17-15)12-6-5-11(7-8-18)13(16)9-12/h2-6,8-9H,7,10H2,1H3. The first kappa shape index (κ1) is 14.1. The van der Waals surface area contributed by atoms with Crippen molar-refractivity contribution >= 4 is 6.29 Å². The molecule has 0 bridgehead atoms. The summed E-state index contributed by atoms with van der Waals surface area (Å²) in [6.45, 7) is 0.100. The maximum absolute atomic E-state index is 13.8. The number of methoxy groups -OCH3 is 1. The van der Waals surface area contributed by atoms with Crippen molar-refractivity contribution in [3.05, 3.63) is 47.8 Å². The van der Waals surface area contributed by atoms with Crippen molar-refractivity contribution in [2.45, 2.75) is 6.42 Å². The van der Waals surface area contributed by atoms with Crippen molar-refractivity contribution in [1.82, 2.24) is 4.98 Å². The Morgan fingerprint density at radius 2 is 2.15 bits per heavy atom. The van der Waals surface area contributed by atoms with Crippen LogP contribution in [0.25, 0.3) is 11.3 Å². The minimum Gasteiger partial charge on any atom is -0.451 e. The van der Waals surface area contributed by atoms with Crippen molar-refractivity contribution < 1.29 is 18.7 Å². The van der Waals surface area contributed by atoms with Gasteiger partial charge in [0.1, 0.15) is 12.1 Å². The van der Waals surface area contributed by atoms with E-state index in [0.717, 1.165) is 0 Å². The van der Waals surface area contributed by atoms with Crippen LogP contribution in [0.15, 0.2) is 36.4 Å². The first-order valence-corrected chi connectivity index (χ1v) is 6.06. The molecule has 0 aliphatic heterocycles. The zero-order valence-electron chi connectivity index (χ0n) is 11.0. The molecule has 0 aliphatic carbocycles. The van der Waals surface area contributed by atoms with Gasteiger partial charge < -0.3 is 14.3 Å². The molecule has 0 saturated carbocycles. The maximum atomic E-state index is 13.8. The number of aromatic nitrogens is 1. The van der Waals surface area contributed by atoms with Gasteiger partial charge in [-0.25, -0.2) is 9.37 Å². The topological polar surface area (TPSA) is 48.4 Å². The zero-order chi connectivity index (χ0) is 14.4. The molecule has 0 saturated heterocycles. The molecule has 2 rings (SSSR count). The molecule has 5 heteroatoms. The zero-order valence-corrected chi connectivity index (χ0v) is 11.0. The summed E-state index contributed by atoms with van der Waals surface area (Å²) >= 11 is 0. The minimum atomic E-state index is -0.417. The lowest BCUT2D eigenvalue weighted by Crippen LogP contribution is -2.01. The lowest BCUT2D eigenvalue weighted by atomic mass is 10.1. The average Bonchev–Trinajstić information content (AvgIpc) is 2.48. The highest BCUT2D eigenvalue weighted by Crippen LogP contribution is 2.22. The molecule has 0 fully saturated rings. The molecule has 0 atom stereocenters. The van der Waals surface area contributed by atoms with Crippen LogP contribution in [0.1, 0.15) is 5.56 Å². The molecule has 2 aromatic rings. The predicted octanol–water partition coefficient (Wildman–Crippen LogP) is 2.61. The highest BCUT2D eigenvalue weighted by Gasteiger charge is 2.07. The van der Waals surface area contributed by atoms with Crippen molar-refractivity contribution in [3.63, 3.8) is 0 Å². The number of carbonyl (C=O) groups excluding carboxylic acids is 1. The van der Waals surface area contributed by atoms with Gasteiger partial charge in [0, 0.05) is 25.2 Å². The van der Waals surface area contributed by atoms with Crippen molar-refractivity contribution in [2.24, 2.45) is 0 Å². The van der Waals surface area contributed by atoms with E-state index in [0.29, 0.717) is 29.0 Å². The predicted molar refractivity (Wildman–Crippen MR) is 71.9 cm³/mol. The molecule has 1 aromatic heterocycles. The van der Waals surface area contributed by atoms with E-state index < -0.39 is 5.82 Å². The lowest BCUT2D eigenvalue weighted by Gasteiger charge is -2.07. The van der Waals surface area contributed by atoms with Crippen molar-refractivity contribution in [2.75, 3.05) is 13.9 Å². The summed E-state index contributed by atoms with van der Waals surface area (Å²) in [7, 11) is 1.52. The van der Waals surface area contributed by atoms with E-state index in [1.165, 1.54) is 13.2 Å². The van der Waals surface area contributed by atoms with Crippen LogP contribution in [0.2, 0.25) is 0 Å². The van der Waals surface area contributed by atoms with Crippen molar-refractivity contribution in [3.8, 4) is 17.1 Å². The van der Waals surface area contributed by atoms with Gasteiger partial charge >= 0.3 is 0 Å². The number of nitrogens with zero attached hydrogens (tertiary/aromatic N) is 1. The quantitative estimate of drug-likeness (QED) is 0.600. The van der Waals surface area contributed by atoms with E-state index in [4.69, 9.17) is 9.47 Å². The highest BCUT2D eigenvalue weighted by molar-refractivity contribution is 5.62.